The predicted molar refractivity (Wildman–Crippen MR) is 81.7 cm³/mol. The van der Waals surface area contributed by atoms with E-state index in [-0.39, 0.29) is 9.52 Å². The summed E-state index contributed by atoms with van der Waals surface area (Å²) in [6, 6.07) is 21.7. The molecular formula is C17H16Si. The molecule has 88 valence electrons. The lowest BCUT2D eigenvalue weighted by molar-refractivity contribution is 1.40. The molecule has 2 aromatic rings. The highest BCUT2D eigenvalue weighted by Crippen LogP contribution is 2.27. The molecule has 1 aliphatic rings. The summed E-state index contributed by atoms with van der Waals surface area (Å²) in [5.41, 5.74) is 2.83. The summed E-state index contributed by atoms with van der Waals surface area (Å²) < 4.78 is 0. The van der Waals surface area contributed by atoms with Crippen LogP contribution >= 0.6 is 0 Å². The summed E-state index contributed by atoms with van der Waals surface area (Å²) in [6.07, 6.45) is 5.74. The number of allylic oxidation sites excluding steroid dienone is 4. The van der Waals surface area contributed by atoms with E-state index in [2.05, 4.69) is 72.8 Å². The van der Waals surface area contributed by atoms with E-state index < -0.39 is 0 Å². The van der Waals surface area contributed by atoms with Gasteiger partial charge in [-0.25, -0.2) is 0 Å². The Morgan fingerprint density at radius 2 is 1.44 bits per heavy atom. The topological polar surface area (TPSA) is 0 Å². The third-order valence-corrected chi connectivity index (χ3v) is 5.35. The van der Waals surface area contributed by atoms with E-state index in [1.54, 1.807) is 5.20 Å². The van der Waals surface area contributed by atoms with Crippen molar-refractivity contribution in [2.45, 2.75) is 6.42 Å². The van der Waals surface area contributed by atoms with Crippen LogP contribution in [0.15, 0.2) is 78.0 Å². The van der Waals surface area contributed by atoms with Crippen molar-refractivity contribution >= 4 is 20.3 Å². The Labute approximate surface area is 111 Å². The Bertz CT molecular complexity index is 580. The Hall–Kier alpha value is -1.86. The summed E-state index contributed by atoms with van der Waals surface area (Å²) >= 11 is 0. The summed E-state index contributed by atoms with van der Waals surface area (Å²) in [5, 5.41) is 3.19. The van der Waals surface area contributed by atoms with Gasteiger partial charge in [0.15, 0.2) is 0 Å². The van der Waals surface area contributed by atoms with Gasteiger partial charge in [0.1, 0.15) is 0 Å². The lowest BCUT2D eigenvalue weighted by Crippen LogP contribution is -2.15. The maximum Gasteiger partial charge on any atom is 0.0836 e. The van der Waals surface area contributed by atoms with Crippen molar-refractivity contribution in [2.24, 2.45) is 0 Å². The minimum absolute atomic E-state index is 0.309. The van der Waals surface area contributed by atoms with Crippen LogP contribution in [0.1, 0.15) is 12.0 Å². The van der Waals surface area contributed by atoms with Gasteiger partial charge in [-0.05, 0) is 17.6 Å². The van der Waals surface area contributed by atoms with E-state index >= 15 is 0 Å². The van der Waals surface area contributed by atoms with E-state index in [1.807, 2.05) is 0 Å². The molecule has 0 fully saturated rings. The second-order valence-electron chi connectivity index (χ2n) is 4.65. The van der Waals surface area contributed by atoms with Crippen molar-refractivity contribution < 1.29 is 0 Å². The highest BCUT2D eigenvalue weighted by Gasteiger charge is 2.11. The molecule has 0 N–H and O–H groups in total. The standard InChI is InChI=1S/C17H16Si/c1-3-8-14(9-4-1)16-12-7-13-17(16)18-15-10-5-2-6-11-15/h1-12H,13,18H2. The maximum atomic E-state index is 2.30. The van der Waals surface area contributed by atoms with Crippen molar-refractivity contribution in [3.63, 3.8) is 0 Å². The Morgan fingerprint density at radius 1 is 0.778 bits per heavy atom. The van der Waals surface area contributed by atoms with Gasteiger partial charge in [0.2, 0.25) is 0 Å². The zero-order chi connectivity index (χ0) is 12.2. The number of hydrogen-bond donors (Lipinski definition) is 0. The Balaban J connectivity index is 1.91. The molecule has 0 aliphatic heterocycles. The predicted octanol–water partition coefficient (Wildman–Crippen LogP) is 2.85. The fourth-order valence-electron chi connectivity index (χ4n) is 2.47. The van der Waals surface area contributed by atoms with Crippen LogP contribution in [0.2, 0.25) is 0 Å². The molecule has 0 saturated heterocycles. The largest absolute Gasteiger partial charge is 0.0836 e. The average molecular weight is 248 g/mol. The number of rotatable bonds is 3. The van der Waals surface area contributed by atoms with Crippen molar-refractivity contribution in [3.8, 4) is 0 Å². The molecule has 3 rings (SSSR count). The first-order valence-electron chi connectivity index (χ1n) is 6.41. The van der Waals surface area contributed by atoms with E-state index in [9.17, 15) is 0 Å². The van der Waals surface area contributed by atoms with Crippen molar-refractivity contribution in [1.82, 2.24) is 0 Å². The van der Waals surface area contributed by atoms with Crippen LogP contribution in [0, 0.1) is 0 Å². The molecule has 0 radical (unpaired) electrons. The van der Waals surface area contributed by atoms with E-state index in [0.717, 1.165) is 6.42 Å². The number of hydrogen-bond acceptors (Lipinski definition) is 0. The van der Waals surface area contributed by atoms with E-state index in [0.29, 0.717) is 0 Å². The van der Waals surface area contributed by atoms with Crippen molar-refractivity contribution in [3.05, 3.63) is 83.6 Å². The molecule has 0 aromatic heterocycles. The highest BCUT2D eigenvalue weighted by atomic mass is 28.2. The van der Waals surface area contributed by atoms with Gasteiger partial charge in [0, 0.05) is 0 Å². The van der Waals surface area contributed by atoms with E-state index in [1.165, 1.54) is 16.3 Å². The summed E-state index contributed by atoms with van der Waals surface area (Å²) in [5.74, 6) is 0. The molecule has 0 heterocycles. The van der Waals surface area contributed by atoms with Gasteiger partial charge in [0.05, 0.1) is 9.52 Å². The second-order valence-corrected chi connectivity index (χ2v) is 6.68. The van der Waals surface area contributed by atoms with Crippen LogP contribution in [0.3, 0.4) is 0 Å². The third-order valence-electron chi connectivity index (χ3n) is 3.37. The summed E-state index contributed by atoms with van der Waals surface area (Å²) in [7, 11) is -0.309. The zero-order valence-corrected chi connectivity index (χ0v) is 11.8. The van der Waals surface area contributed by atoms with Gasteiger partial charge in [-0.15, -0.1) is 0 Å². The molecule has 1 heteroatoms. The highest BCUT2D eigenvalue weighted by molar-refractivity contribution is 6.62. The van der Waals surface area contributed by atoms with Crippen LogP contribution in [0.25, 0.3) is 5.57 Å². The normalized spacial score (nSPS) is 14.9. The van der Waals surface area contributed by atoms with Crippen LogP contribution in [-0.2, 0) is 0 Å². The quantitative estimate of drug-likeness (QED) is 0.733. The second kappa shape index (κ2) is 5.19. The van der Waals surface area contributed by atoms with Gasteiger partial charge >= 0.3 is 0 Å². The maximum absolute atomic E-state index is 2.30. The molecule has 0 nitrogen and oxygen atoms in total. The lowest BCUT2D eigenvalue weighted by atomic mass is 10.1. The van der Waals surface area contributed by atoms with Crippen LogP contribution in [0.4, 0.5) is 0 Å². The summed E-state index contributed by atoms with van der Waals surface area (Å²) in [6.45, 7) is 0. The number of benzene rings is 2. The minimum atomic E-state index is -0.309. The fraction of sp³-hybridized carbons (Fsp3) is 0.0588. The SMILES string of the molecule is C1=CC(c2ccccc2)=C([SiH2]c2ccccc2)C1. The molecule has 1 aliphatic carbocycles. The minimum Gasteiger partial charge on any atom is -0.0802 e. The van der Waals surface area contributed by atoms with E-state index in [4.69, 9.17) is 0 Å². The molecule has 0 bridgehead atoms. The molecule has 18 heavy (non-hydrogen) atoms. The van der Waals surface area contributed by atoms with Crippen molar-refractivity contribution in [1.29, 1.82) is 0 Å². The Morgan fingerprint density at radius 3 is 2.17 bits per heavy atom. The smallest absolute Gasteiger partial charge is 0.0802 e. The molecule has 0 atom stereocenters. The molecule has 2 aromatic carbocycles. The van der Waals surface area contributed by atoms with Crippen LogP contribution in [-0.4, -0.2) is 9.52 Å². The molecular weight excluding hydrogens is 232 g/mol. The molecule has 0 saturated carbocycles. The van der Waals surface area contributed by atoms with Gasteiger partial charge < -0.3 is 0 Å². The lowest BCUT2D eigenvalue weighted by Gasteiger charge is -2.07. The van der Waals surface area contributed by atoms with Gasteiger partial charge in [-0.2, -0.15) is 0 Å². The van der Waals surface area contributed by atoms with Gasteiger partial charge in [0.25, 0.3) is 0 Å². The van der Waals surface area contributed by atoms with Crippen LogP contribution < -0.4 is 5.19 Å². The monoisotopic (exact) mass is 248 g/mol. The molecule has 0 spiro atoms. The van der Waals surface area contributed by atoms with Crippen LogP contribution in [0.5, 0.6) is 0 Å². The zero-order valence-electron chi connectivity index (χ0n) is 10.3. The van der Waals surface area contributed by atoms with Gasteiger partial charge in [-0.3, -0.25) is 0 Å². The first kappa shape index (κ1) is 11.2. The van der Waals surface area contributed by atoms with Crippen molar-refractivity contribution in [2.75, 3.05) is 0 Å². The summed E-state index contributed by atoms with van der Waals surface area (Å²) in [4.78, 5) is 0. The molecule has 0 amide bonds. The molecule has 0 unspecified atom stereocenters. The fourth-order valence-corrected chi connectivity index (χ4v) is 4.30. The third kappa shape index (κ3) is 2.36. The first-order valence-corrected chi connectivity index (χ1v) is 7.83. The Kier molecular flexibility index (Phi) is 3.24. The van der Waals surface area contributed by atoms with Gasteiger partial charge in [-0.1, -0.05) is 83.2 Å². The first-order chi connectivity index (χ1) is 8.93. The average Bonchev–Trinajstić information content (AvgIpc) is 2.89.